The zero-order valence-corrected chi connectivity index (χ0v) is 12.9. The molecule has 0 heterocycles. The molecule has 1 fully saturated rings. The minimum absolute atomic E-state index is 0.121. The van der Waals surface area contributed by atoms with Crippen LogP contribution in [0.1, 0.15) is 37.7 Å². The van der Waals surface area contributed by atoms with E-state index in [1.165, 1.54) is 25.7 Å². The molecule has 1 aliphatic carbocycles. The van der Waals surface area contributed by atoms with Crippen LogP contribution in [0.5, 0.6) is 5.75 Å². The molecule has 116 valence electrons. The Balaban J connectivity index is 1.60. The number of methoxy groups -OCH3 is 1. The van der Waals surface area contributed by atoms with Crippen molar-refractivity contribution in [3.05, 3.63) is 29.8 Å². The molecular formula is C17H26N2O2. The van der Waals surface area contributed by atoms with Crippen molar-refractivity contribution in [1.82, 2.24) is 10.6 Å². The summed E-state index contributed by atoms with van der Waals surface area (Å²) in [5.41, 5.74) is 1.13. The predicted molar refractivity (Wildman–Crippen MR) is 84.6 cm³/mol. The lowest BCUT2D eigenvalue weighted by molar-refractivity contribution is -0.120. The highest BCUT2D eigenvalue weighted by molar-refractivity contribution is 5.76. The second-order valence-corrected chi connectivity index (χ2v) is 5.60. The third-order valence-electron chi connectivity index (χ3n) is 4.05. The van der Waals surface area contributed by atoms with Gasteiger partial charge in [0.2, 0.25) is 5.91 Å². The highest BCUT2D eigenvalue weighted by Gasteiger charge is 2.14. The fourth-order valence-electron chi connectivity index (χ4n) is 2.85. The third-order valence-corrected chi connectivity index (χ3v) is 4.05. The third kappa shape index (κ3) is 5.38. The van der Waals surface area contributed by atoms with Gasteiger partial charge in [-0.3, -0.25) is 4.79 Å². The van der Waals surface area contributed by atoms with E-state index in [0.717, 1.165) is 24.3 Å². The molecule has 0 bridgehead atoms. The van der Waals surface area contributed by atoms with Crippen molar-refractivity contribution >= 4 is 5.91 Å². The van der Waals surface area contributed by atoms with Gasteiger partial charge < -0.3 is 15.4 Å². The summed E-state index contributed by atoms with van der Waals surface area (Å²) in [6.07, 6.45) is 6.52. The van der Waals surface area contributed by atoms with Crippen molar-refractivity contribution in [2.24, 2.45) is 0 Å². The lowest BCUT2D eigenvalue weighted by Crippen LogP contribution is -2.32. The zero-order chi connectivity index (χ0) is 14.9. The van der Waals surface area contributed by atoms with Crippen molar-refractivity contribution < 1.29 is 9.53 Å². The molecule has 4 nitrogen and oxygen atoms in total. The SMILES string of the molecule is COc1ccccc1CCNC(=O)CCNC1CCCC1. The molecule has 21 heavy (non-hydrogen) atoms. The minimum atomic E-state index is 0.121. The molecule has 0 spiro atoms. The van der Waals surface area contributed by atoms with E-state index in [1.807, 2.05) is 24.3 Å². The highest BCUT2D eigenvalue weighted by atomic mass is 16.5. The number of hydrogen-bond acceptors (Lipinski definition) is 3. The van der Waals surface area contributed by atoms with Gasteiger partial charge in [-0.05, 0) is 30.9 Å². The summed E-state index contributed by atoms with van der Waals surface area (Å²) in [4.78, 5) is 11.8. The summed E-state index contributed by atoms with van der Waals surface area (Å²) < 4.78 is 5.30. The standard InChI is InChI=1S/C17H26N2O2/c1-21-16-9-5-2-6-14(16)10-12-19-17(20)11-13-18-15-7-3-4-8-15/h2,5-6,9,15,18H,3-4,7-8,10-13H2,1H3,(H,19,20). The van der Waals surface area contributed by atoms with Gasteiger partial charge in [0.1, 0.15) is 5.75 Å². The lowest BCUT2D eigenvalue weighted by Gasteiger charge is -2.12. The van der Waals surface area contributed by atoms with E-state index in [-0.39, 0.29) is 5.91 Å². The fourth-order valence-corrected chi connectivity index (χ4v) is 2.85. The van der Waals surface area contributed by atoms with Gasteiger partial charge in [0.25, 0.3) is 0 Å². The molecule has 1 aromatic carbocycles. The van der Waals surface area contributed by atoms with Gasteiger partial charge in [-0.15, -0.1) is 0 Å². The maximum Gasteiger partial charge on any atom is 0.221 e. The first-order chi connectivity index (χ1) is 10.3. The summed E-state index contributed by atoms with van der Waals surface area (Å²) in [6.45, 7) is 1.44. The Labute approximate surface area is 127 Å². The van der Waals surface area contributed by atoms with E-state index in [9.17, 15) is 4.79 Å². The largest absolute Gasteiger partial charge is 0.496 e. The van der Waals surface area contributed by atoms with Crippen LogP contribution in [0.15, 0.2) is 24.3 Å². The Bertz CT molecular complexity index is 442. The van der Waals surface area contributed by atoms with Gasteiger partial charge in [0.15, 0.2) is 0 Å². The van der Waals surface area contributed by atoms with Gasteiger partial charge in [-0.1, -0.05) is 31.0 Å². The number of carbonyl (C=O) groups is 1. The molecule has 1 amide bonds. The number of nitrogens with one attached hydrogen (secondary N) is 2. The Hall–Kier alpha value is -1.55. The summed E-state index contributed by atoms with van der Waals surface area (Å²) in [5.74, 6) is 1.00. The molecule has 1 aliphatic rings. The van der Waals surface area contributed by atoms with Gasteiger partial charge in [-0.2, -0.15) is 0 Å². The molecule has 2 N–H and O–H groups in total. The molecule has 1 saturated carbocycles. The number of amides is 1. The van der Waals surface area contributed by atoms with E-state index < -0.39 is 0 Å². The molecule has 4 heteroatoms. The molecule has 0 aromatic heterocycles. The van der Waals surface area contributed by atoms with E-state index in [2.05, 4.69) is 10.6 Å². The van der Waals surface area contributed by atoms with Crippen LogP contribution in [0.25, 0.3) is 0 Å². The van der Waals surface area contributed by atoms with Crippen molar-refractivity contribution in [2.45, 2.75) is 44.6 Å². The van der Waals surface area contributed by atoms with Crippen molar-refractivity contribution in [2.75, 3.05) is 20.2 Å². The molecule has 1 aromatic rings. The van der Waals surface area contributed by atoms with Crippen LogP contribution in [0.4, 0.5) is 0 Å². The lowest BCUT2D eigenvalue weighted by atomic mass is 10.1. The minimum Gasteiger partial charge on any atom is -0.496 e. The van der Waals surface area contributed by atoms with Gasteiger partial charge >= 0.3 is 0 Å². The fraction of sp³-hybridized carbons (Fsp3) is 0.588. The van der Waals surface area contributed by atoms with Crippen molar-refractivity contribution in [1.29, 1.82) is 0 Å². The van der Waals surface area contributed by atoms with E-state index in [4.69, 9.17) is 4.74 Å². The summed E-state index contributed by atoms with van der Waals surface area (Å²) in [6, 6.07) is 8.56. The van der Waals surface area contributed by atoms with Crippen LogP contribution in [0.3, 0.4) is 0 Å². The molecular weight excluding hydrogens is 264 g/mol. The first kappa shape index (κ1) is 15.8. The summed E-state index contributed by atoms with van der Waals surface area (Å²) in [5, 5.41) is 6.43. The molecule has 2 rings (SSSR count). The average Bonchev–Trinajstić information content (AvgIpc) is 3.01. The Kier molecular flexibility index (Phi) is 6.54. The molecule has 0 unspecified atom stereocenters. The number of benzene rings is 1. The molecule has 0 atom stereocenters. The number of rotatable bonds is 8. The maximum atomic E-state index is 11.8. The molecule has 0 saturated heterocycles. The quantitative estimate of drug-likeness (QED) is 0.772. The molecule has 0 radical (unpaired) electrons. The van der Waals surface area contributed by atoms with Gasteiger partial charge in [0, 0.05) is 25.6 Å². The van der Waals surface area contributed by atoms with Crippen LogP contribution in [0, 0.1) is 0 Å². The zero-order valence-electron chi connectivity index (χ0n) is 12.9. The molecule has 0 aliphatic heterocycles. The van der Waals surface area contributed by atoms with E-state index >= 15 is 0 Å². The summed E-state index contributed by atoms with van der Waals surface area (Å²) >= 11 is 0. The highest BCUT2D eigenvalue weighted by Crippen LogP contribution is 2.18. The van der Waals surface area contributed by atoms with Crippen LogP contribution in [0.2, 0.25) is 0 Å². The first-order valence-corrected chi connectivity index (χ1v) is 7.91. The number of ether oxygens (including phenoxy) is 1. The summed E-state index contributed by atoms with van der Waals surface area (Å²) in [7, 11) is 1.67. The number of hydrogen-bond donors (Lipinski definition) is 2. The maximum absolute atomic E-state index is 11.8. The topological polar surface area (TPSA) is 50.4 Å². The monoisotopic (exact) mass is 290 g/mol. The van der Waals surface area contributed by atoms with Crippen LogP contribution < -0.4 is 15.4 Å². The predicted octanol–water partition coefficient (Wildman–Crippen LogP) is 2.28. The number of para-hydroxylation sites is 1. The van der Waals surface area contributed by atoms with Crippen LogP contribution >= 0.6 is 0 Å². The van der Waals surface area contributed by atoms with Crippen molar-refractivity contribution in [3.63, 3.8) is 0 Å². The first-order valence-electron chi connectivity index (χ1n) is 7.91. The van der Waals surface area contributed by atoms with Gasteiger partial charge in [-0.25, -0.2) is 0 Å². The Morgan fingerprint density at radius 3 is 2.76 bits per heavy atom. The Morgan fingerprint density at radius 2 is 2.00 bits per heavy atom. The van der Waals surface area contributed by atoms with E-state index in [0.29, 0.717) is 19.0 Å². The van der Waals surface area contributed by atoms with Gasteiger partial charge in [0.05, 0.1) is 7.11 Å². The van der Waals surface area contributed by atoms with E-state index in [1.54, 1.807) is 7.11 Å². The van der Waals surface area contributed by atoms with Crippen molar-refractivity contribution in [3.8, 4) is 5.75 Å². The van der Waals surface area contributed by atoms with Crippen LogP contribution in [-0.4, -0.2) is 32.1 Å². The number of carbonyl (C=O) groups excluding carboxylic acids is 1. The Morgan fingerprint density at radius 1 is 1.24 bits per heavy atom. The second-order valence-electron chi connectivity index (χ2n) is 5.60. The normalized spacial score (nSPS) is 15.1. The average molecular weight is 290 g/mol. The smallest absolute Gasteiger partial charge is 0.221 e. The second kappa shape index (κ2) is 8.67. The van der Waals surface area contributed by atoms with Crippen LogP contribution in [-0.2, 0) is 11.2 Å².